The van der Waals surface area contributed by atoms with Crippen LogP contribution in [0, 0.1) is 11.3 Å². The first-order chi connectivity index (χ1) is 9.07. The Morgan fingerprint density at radius 3 is 2.15 bits per heavy atom. The summed E-state index contributed by atoms with van der Waals surface area (Å²) in [7, 11) is 0. The Bertz CT molecular complexity index is 297. The molecule has 4 heteroatoms. The van der Waals surface area contributed by atoms with Gasteiger partial charge in [-0.3, -0.25) is 4.79 Å². The molecular weight excluding hydrogens is 256 g/mol. The first-order valence-electron chi connectivity index (χ1n) is 7.63. The van der Waals surface area contributed by atoms with Gasteiger partial charge in [-0.15, -0.1) is 0 Å². The third-order valence-electron chi connectivity index (χ3n) is 4.68. The minimum Gasteiger partial charge on any atom is -0.481 e. The molecule has 0 aliphatic heterocycles. The molecule has 2 atom stereocenters. The average molecular weight is 288 g/mol. The van der Waals surface area contributed by atoms with Gasteiger partial charge in [-0.05, 0) is 44.9 Å². The van der Waals surface area contributed by atoms with Crippen molar-refractivity contribution in [3.63, 3.8) is 0 Å². The lowest BCUT2D eigenvalue weighted by molar-refractivity contribution is -0.400. The molecule has 0 saturated heterocycles. The highest BCUT2D eigenvalue weighted by Gasteiger charge is 2.38. The van der Waals surface area contributed by atoms with Crippen molar-refractivity contribution in [2.75, 3.05) is 0 Å². The number of hydrogen-bond donors (Lipinski definition) is 1. The van der Waals surface area contributed by atoms with Crippen molar-refractivity contribution < 1.29 is 19.7 Å². The summed E-state index contributed by atoms with van der Waals surface area (Å²) in [4.78, 5) is 22.1. The molecule has 0 amide bonds. The Balaban J connectivity index is 4.57. The quantitative estimate of drug-likeness (QED) is 0.477. The molecule has 20 heavy (non-hydrogen) atoms. The van der Waals surface area contributed by atoms with Gasteiger partial charge in [-0.25, -0.2) is 9.78 Å². The molecule has 0 aromatic heterocycles. The van der Waals surface area contributed by atoms with Crippen LogP contribution in [0.1, 0.15) is 74.1 Å². The number of hydrogen-bond acceptors (Lipinski definition) is 3. The molecule has 120 valence electrons. The second kappa shape index (κ2) is 7.99. The number of aliphatic carboxylic acids is 1. The molecule has 0 aliphatic rings. The van der Waals surface area contributed by atoms with Gasteiger partial charge in [0, 0.05) is 0 Å². The summed E-state index contributed by atoms with van der Waals surface area (Å²) >= 11 is 0. The highest BCUT2D eigenvalue weighted by molar-refractivity contribution is 5.67. The molecule has 0 fully saturated rings. The van der Waals surface area contributed by atoms with Crippen LogP contribution in [0.5, 0.6) is 0 Å². The third kappa shape index (κ3) is 5.80. The summed E-state index contributed by atoms with van der Waals surface area (Å²) in [5.41, 5.74) is -0.435. The van der Waals surface area contributed by atoms with E-state index in [4.69, 9.17) is 14.9 Å². The molecule has 0 spiro atoms. The Labute approximate surface area is 123 Å². The monoisotopic (exact) mass is 288 g/mol. The fourth-order valence-corrected chi connectivity index (χ4v) is 1.91. The molecule has 0 bridgehead atoms. The van der Waals surface area contributed by atoms with Crippen molar-refractivity contribution in [2.45, 2.75) is 85.9 Å². The molecule has 0 aromatic carbocycles. The Morgan fingerprint density at radius 2 is 1.75 bits per heavy atom. The molecule has 0 heterocycles. The molecule has 1 N–H and O–H groups in total. The van der Waals surface area contributed by atoms with Crippen LogP contribution in [0.3, 0.4) is 0 Å². The highest BCUT2D eigenvalue weighted by atomic mass is 17.2. The van der Waals surface area contributed by atoms with Gasteiger partial charge in [0.1, 0.15) is 5.60 Å². The fourth-order valence-electron chi connectivity index (χ4n) is 1.91. The van der Waals surface area contributed by atoms with E-state index < -0.39 is 11.6 Å². The van der Waals surface area contributed by atoms with E-state index in [0.717, 1.165) is 19.3 Å². The van der Waals surface area contributed by atoms with Crippen LogP contribution in [-0.2, 0) is 14.6 Å². The van der Waals surface area contributed by atoms with E-state index in [1.54, 1.807) is 0 Å². The standard InChI is InChI=1S/C16H32O4/c1-8-10-13(11-14(17)18)12(3)19-20-16(6,7)15(4,5)9-2/h12-13H,8-11H2,1-7H3,(H,17,18). The van der Waals surface area contributed by atoms with E-state index in [2.05, 4.69) is 20.8 Å². The van der Waals surface area contributed by atoms with Crippen molar-refractivity contribution >= 4 is 5.97 Å². The van der Waals surface area contributed by atoms with Crippen molar-refractivity contribution in [3.8, 4) is 0 Å². The minimum absolute atomic E-state index is 0.0141. The van der Waals surface area contributed by atoms with Crippen LogP contribution >= 0.6 is 0 Å². The van der Waals surface area contributed by atoms with E-state index in [1.807, 2.05) is 27.7 Å². The van der Waals surface area contributed by atoms with Crippen LogP contribution in [0.25, 0.3) is 0 Å². The SMILES string of the molecule is CCCC(CC(=O)O)C(C)OOC(C)(C)C(C)(C)CC. The molecule has 0 radical (unpaired) electrons. The molecule has 0 rings (SSSR count). The smallest absolute Gasteiger partial charge is 0.303 e. The summed E-state index contributed by atoms with van der Waals surface area (Å²) < 4.78 is 0. The van der Waals surface area contributed by atoms with Crippen LogP contribution in [0.4, 0.5) is 0 Å². The van der Waals surface area contributed by atoms with E-state index in [9.17, 15) is 4.79 Å². The zero-order chi connectivity index (χ0) is 16.0. The zero-order valence-electron chi connectivity index (χ0n) is 14.2. The minimum atomic E-state index is -0.785. The van der Waals surface area contributed by atoms with Crippen LogP contribution in [-0.4, -0.2) is 22.8 Å². The molecule has 0 saturated carbocycles. The zero-order valence-corrected chi connectivity index (χ0v) is 14.2. The summed E-state index contributed by atoms with van der Waals surface area (Å²) in [5, 5.41) is 8.96. The number of carbonyl (C=O) groups is 1. The fraction of sp³-hybridized carbons (Fsp3) is 0.938. The first kappa shape index (κ1) is 19.4. The molecule has 0 aromatic rings. The van der Waals surface area contributed by atoms with Gasteiger partial charge in [0.05, 0.1) is 12.5 Å². The second-order valence-corrected chi connectivity index (χ2v) is 6.78. The van der Waals surface area contributed by atoms with E-state index in [-0.39, 0.29) is 23.9 Å². The lowest BCUT2D eigenvalue weighted by atomic mass is 9.75. The largest absolute Gasteiger partial charge is 0.481 e. The van der Waals surface area contributed by atoms with Crippen molar-refractivity contribution in [3.05, 3.63) is 0 Å². The van der Waals surface area contributed by atoms with E-state index >= 15 is 0 Å². The van der Waals surface area contributed by atoms with Gasteiger partial charge in [-0.2, -0.15) is 0 Å². The van der Waals surface area contributed by atoms with Gasteiger partial charge in [0.25, 0.3) is 0 Å². The van der Waals surface area contributed by atoms with Crippen molar-refractivity contribution in [1.82, 2.24) is 0 Å². The van der Waals surface area contributed by atoms with Gasteiger partial charge in [0.15, 0.2) is 0 Å². The second-order valence-electron chi connectivity index (χ2n) is 6.78. The molecule has 2 unspecified atom stereocenters. The topological polar surface area (TPSA) is 55.8 Å². The Kier molecular flexibility index (Phi) is 7.74. The van der Waals surface area contributed by atoms with Crippen molar-refractivity contribution in [1.29, 1.82) is 0 Å². The molecule has 0 aliphatic carbocycles. The lowest BCUT2D eigenvalue weighted by Crippen LogP contribution is -2.42. The number of rotatable bonds is 10. The van der Waals surface area contributed by atoms with Crippen LogP contribution in [0.15, 0.2) is 0 Å². The number of carboxylic acids is 1. The van der Waals surface area contributed by atoms with Crippen LogP contribution in [0.2, 0.25) is 0 Å². The van der Waals surface area contributed by atoms with Crippen LogP contribution < -0.4 is 0 Å². The van der Waals surface area contributed by atoms with Gasteiger partial charge >= 0.3 is 5.97 Å². The number of carboxylic acid groups (broad SMARTS) is 1. The average Bonchev–Trinajstić information content (AvgIpc) is 2.34. The predicted molar refractivity (Wildman–Crippen MR) is 80.4 cm³/mol. The summed E-state index contributed by atoms with van der Waals surface area (Å²) in [6.07, 6.45) is 2.64. The summed E-state index contributed by atoms with van der Waals surface area (Å²) in [5.74, 6) is -0.801. The summed E-state index contributed by atoms with van der Waals surface area (Å²) in [6, 6.07) is 0. The predicted octanol–water partition coefficient (Wildman–Crippen LogP) is 4.43. The third-order valence-corrected chi connectivity index (χ3v) is 4.68. The first-order valence-corrected chi connectivity index (χ1v) is 7.63. The Morgan fingerprint density at radius 1 is 1.20 bits per heavy atom. The van der Waals surface area contributed by atoms with E-state index in [1.165, 1.54) is 0 Å². The molecular formula is C16H32O4. The van der Waals surface area contributed by atoms with Crippen molar-refractivity contribution in [2.24, 2.45) is 11.3 Å². The Hall–Kier alpha value is -0.610. The maximum Gasteiger partial charge on any atom is 0.303 e. The molecule has 4 nitrogen and oxygen atoms in total. The summed E-state index contributed by atoms with van der Waals surface area (Å²) in [6.45, 7) is 14.4. The van der Waals surface area contributed by atoms with Gasteiger partial charge in [-0.1, -0.05) is 34.1 Å². The highest BCUT2D eigenvalue weighted by Crippen LogP contribution is 2.37. The maximum atomic E-state index is 10.9. The van der Waals surface area contributed by atoms with Gasteiger partial charge < -0.3 is 5.11 Å². The van der Waals surface area contributed by atoms with E-state index in [0.29, 0.717) is 0 Å². The lowest BCUT2D eigenvalue weighted by Gasteiger charge is -2.40. The normalized spacial score (nSPS) is 15.9. The van der Waals surface area contributed by atoms with Gasteiger partial charge in [0.2, 0.25) is 0 Å². The maximum absolute atomic E-state index is 10.9.